The zero-order valence-corrected chi connectivity index (χ0v) is 11.8. The molecule has 2 aromatic heterocycles. The summed E-state index contributed by atoms with van der Waals surface area (Å²) < 4.78 is 7.16. The molecule has 19 heavy (non-hydrogen) atoms. The van der Waals surface area contributed by atoms with Crippen molar-refractivity contribution >= 4 is 27.5 Å². The lowest BCUT2D eigenvalue weighted by Crippen LogP contribution is -2.16. The highest BCUT2D eigenvalue weighted by molar-refractivity contribution is 9.10. The van der Waals surface area contributed by atoms with Crippen LogP contribution in [-0.4, -0.2) is 15.4 Å². The van der Waals surface area contributed by atoms with Crippen LogP contribution in [0.2, 0.25) is 0 Å². The molecule has 0 saturated heterocycles. The summed E-state index contributed by atoms with van der Waals surface area (Å²) in [4.78, 5) is 27.3. The second-order valence-electron chi connectivity index (χ2n) is 3.77. The molecular weight excluding hydrogens is 312 g/mol. The number of hydrogen-bond acceptors (Lipinski definition) is 4. The van der Waals surface area contributed by atoms with Crippen LogP contribution in [0.25, 0.3) is 5.65 Å². The summed E-state index contributed by atoms with van der Waals surface area (Å²) in [5, 5.41) is 0. The Morgan fingerprint density at radius 1 is 1.53 bits per heavy atom. The van der Waals surface area contributed by atoms with Gasteiger partial charge < -0.3 is 4.74 Å². The van der Waals surface area contributed by atoms with Crippen molar-refractivity contribution in [1.82, 2.24) is 9.38 Å². The molecule has 0 saturated carbocycles. The lowest BCUT2D eigenvalue weighted by atomic mass is 10.4. The Labute approximate surface area is 117 Å². The van der Waals surface area contributed by atoms with Gasteiger partial charge in [0, 0.05) is 22.8 Å². The zero-order chi connectivity index (χ0) is 13.8. The van der Waals surface area contributed by atoms with Gasteiger partial charge >= 0.3 is 5.97 Å². The van der Waals surface area contributed by atoms with Gasteiger partial charge in [0.2, 0.25) is 0 Å². The fourth-order valence-electron chi connectivity index (χ4n) is 1.53. The van der Waals surface area contributed by atoms with Gasteiger partial charge in [-0.2, -0.15) is 0 Å². The minimum Gasteiger partial charge on any atom is -0.456 e. The van der Waals surface area contributed by atoms with Crippen LogP contribution in [0.15, 0.2) is 45.8 Å². The molecule has 0 aliphatic heterocycles. The van der Waals surface area contributed by atoms with Gasteiger partial charge in [0.15, 0.2) is 0 Å². The molecular formula is C13H11BrN2O3. The number of rotatable bonds is 3. The minimum absolute atomic E-state index is 0.0228. The van der Waals surface area contributed by atoms with E-state index in [9.17, 15) is 9.59 Å². The van der Waals surface area contributed by atoms with Crippen molar-refractivity contribution < 1.29 is 9.53 Å². The smallest absolute Gasteiger partial charge is 0.330 e. The largest absolute Gasteiger partial charge is 0.456 e. The number of esters is 1. The molecule has 0 bridgehead atoms. The van der Waals surface area contributed by atoms with E-state index in [1.165, 1.54) is 16.5 Å². The monoisotopic (exact) mass is 322 g/mol. The molecule has 2 aromatic rings. The van der Waals surface area contributed by atoms with Crippen LogP contribution < -0.4 is 5.56 Å². The van der Waals surface area contributed by atoms with Crippen molar-refractivity contribution in [3.05, 3.63) is 57.1 Å². The summed E-state index contributed by atoms with van der Waals surface area (Å²) in [6.45, 7) is 1.70. The Kier molecular flexibility index (Phi) is 4.11. The van der Waals surface area contributed by atoms with Crippen molar-refractivity contribution in [3.63, 3.8) is 0 Å². The third-order valence-corrected chi connectivity index (χ3v) is 2.81. The summed E-state index contributed by atoms with van der Waals surface area (Å²) in [7, 11) is 0. The number of aromatic nitrogens is 2. The number of nitrogens with zero attached hydrogens (tertiary/aromatic N) is 2. The summed E-state index contributed by atoms with van der Waals surface area (Å²) in [5.74, 6) is -0.458. The lowest BCUT2D eigenvalue weighted by Gasteiger charge is -2.04. The molecule has 0 aliphatic rings. The van der Waals surface area contributed by atoms with Crippen LogP contribution in [0.1, 0.15) is 12.6 Å². The number of ether oxygens (including phenoxy) is 1. The molecule has 0 amide bonds. The molecule has 2 rings (SSSR count). The van der Waals surface area contributed by atoms with Gasteiger partial charge in [-0.3, -0.25) is 9.20 Å². The molecule has 0 radical (unpaired) electrons. The number of halogens is 1. The summed E-state index contributed by atoms with van der Waals surface area (Å²) in [5.41, 5.74) is 0.710. The number of fused-ring (bicyclic) bond motifs is 1. The van der Waals surface area contributed by atoms with Crippen molar-refractivity contribution in [2.45, 2.75) is 13.5 Å². The SMILES string of the molecule is C/C=C/C(=O)OCc1cc(=O)n2cc(Br)ccc2n1. The number of hydrogen-bond donors (Lipinski definition) is 0. The highest BCUT2D eigenvalue weighted by Crippen LogP contribution is 2.09. The van der Waals surface area contributed by atoms with Gasteiger partial charge in [-0.1, -0.05) is 6.08 Å². The molecule has 0 N–H and O–H groups in total. The Hall–Kier alpha value is -1.95. The molecule has 0 fully saturated rings. The standard InChI is InChI=1S/C13H11BrN2O3/c1-2-3-13(18)19-8-10-6-12(17)16-7-9(14)4-5-11(16)15-10/h2-7H,8H2,1H3/b3-2+. The van der Waals surface area contributed by atoms with Gasteiger partial charge in [0.25, 0.3) is 5.56 Å². The van der Waals surface area contributed by atoms with E-state index in [4.69, 9.17) is 4.74 Å². The topological polar surface area (TPSA) is 60.7 Å². The summed E-state index contributed by atoms with van der Waals surface area (Å²) in [6, 6.07) is 4.85. The van der Waals surface area contributed by atoms with Crippen molar-refractivity contribution in [2.75, 3.05) is 0 Å². The molecule has 5 nitrogen and oxygen atoms in total. The maximum atomic E-state index is 11.9. The predicted molar refractivity (Wildman–Crippen MR) is 73.8 cm³/mol. The zero-order valence-electron chi connectivity index (χ0n) is 10.2. The third kappa shape index (κ3) is 3.29. The predicted octanol–water partition coefficient (Wildman–Crippen LogP) is 2.08. The maximum Gasteiger partial charge on any atom is 0.330 e. The average Bonchev–Trinajstić information content (AvgIpc) is 2.38. The fourth-order valence-corrected chi connectivity index (χ4v) is 1.87. The van der Waals surface area contributed by atoms with Crippen LogP contribution in [0.5, 0.6) is 0 Å². The van der Waals surface area contributed by atoms with Crippen LogP contribution in [0.3, 0.4) is 0 Å². The molecule has 6 heteroatoms. The first-order valence-electron chi connectivity index (χ1n) is 5.57. The third-order valence-electron chi connectivity index (χ3n) is 2.34. The Bertz CT molecular complexity index is 707. The van der Waals surface area contributed by atoms with E-state index in [2.05, 4.69) is 20.9 Å². The van der Waals surface area contributed by atoms with E-state index in [0.29, 0.717) is 11.3 Å². The Balaban J connectivity index is 2.29. The molecule has 0 aromatic carbocycles. The van der Waals surface area contributed by atoms with E-state index >= 15 is 0 Å². The molecule has 98 valence electrons. The first kappa shape index (κ1) is 13.5. The molecule has 0 atom stereocenters. The quantitative estimate of drug-likeness (QED) is 0.641. The number of carbonyl (C=O) groups is 1. The van der Waals surface area contributed by atoms with Gasteiger partial charge in [-0.15, -0.1) is 0 Å². The van der Waals surface area contributed by atoms with Crippen LogP contribution in [-0.2, 0) is 16.1 Å². The number of carbonyl (C=O) groups excluding carboxylic acids is 1. The normalized spacial score (nSPS) is 11.1. The van der Waals surface area contributed by atoms with Gasteiger partial charge in [0.05, 0.1) is 5.69 Å². The first-order chi connectivity index (χ1) is 9.10. The van der Waals surface area contributed by atoms with Gasteiger partial charge in [0.1, 0.15) is 12.3 Å². The van der Waals surface area contributed by atoms with Gasteiger partial charge in [-0.25, -0.2) is 9.78 Å². The first-order valence-corrected chi connectivity index (χ1v) is 6.37. The fraction of sp³-hybridized carbons (Fsp3) is 0.154. The van der Waals surface area contributed by atoms with E-state index in [1.54, 1.807) is 31.3 Å². The van der Waals surface area contributed by atoms with Crippen molar-refractivity contribution in [3.8, 4) is 0 Å². The Morgan fingerprint density at radius 2 is 2.32 bits per heavy atom. The summed E-state index contributed by atoms with van der Waals surface area (Å²) >= 11 is 3.29. The van der Waals surface area contributed by atoms with Crippen molar-refractivity contribution in [2.24, 2.45) is 0 Å². The maximum absolute atomic E-state index is 11.9. The molecule has 0 aliphatic carbocycles. The molecule has 0 unspecified atom stereocenters. The van der Waals surface area contributed by atoms with E-state index in [-0.39, 0.29) is 12.2 Å². The van der Waals surface area contributed by atoms with Gasteiger partial charge in [-0.05, 0) is 35.0 Å². The molecule has 0 spiro atoms. The second kappa shape index (κ2) is 5.79. The van der Waals surface area contributed by atoms with Crippen molar-refractivity contribution in [1.29, 1.82) is 0 Å². The highest BCUT2D eigenvalue weighted by atomic mass is 79.9. The summed E-state index contributed by atoms with van der Waals surface area (Å²) in [6.07, 6.45) is 4.54. The van der Waals surface area contributed by atoms with E-state index < -0.39 is 5.97 Å². The van der Waals surface area contributed by atoms with Crippen LogP contribution in [0.4, 0.5) is 0 Å². The van der Waals surface area contributed by atoms with Crippen LogP contribution >= 0.6 is 15.9 Å². The lowest BCUT2D eigenvalue weighted by molar-refractivity contribution is -0.139. The van der Waals surface area contributed by atoms with Crippen LogP contribution in [0, 0.1) is 0 Å². The minimum atomic E-state index is -0.458. The number of allylic oxidation sites excluding steroid dienone is 1. The van der Waals surface area contributed by atoms with E-state index in [1.807, 2.05) is 0 Å². The molecule has 2 heterocycles. The van der Waals surface area contributed by atoms with E-state index in [0.717, 1.165) is 4.47 Å². The average molecular weight is 323 g/mol. The second-order valence-corrected chi connectivity index (χ2v) is 4.68. The number of pyridine rings is 1. The highest BCUT2D eigenvalue weighted by Gasteiger charge is 2.05. The Morgan fingerprint density at radius 3 is 3.05 bits per heavy atom.